The molecule has 2 amide bonds. The Bertz CT molecular complexity index is 733. The number of carbonyl (C=O) groups is 2. The predicted molar refractivity (Wildman–Crippen MR) is 81.8 cm³/mol. The van der Waals surface area contributed by atoms with Crippen molar-refractivity contribution < 1.29 is 29.2 Å². The Balaban J connectivity index is 2.23. The highest BCUT2D eigenvalue weighted by atomic mass is 16.9. The minimum Gasteiger partial charge on any atom is -0.487 e. The minimum absolute atomic E-state index is 0.0110. The van der Waals surface area contributed by atoms with Crippen LogP contribution in [0, 0.1) is 20.2 Å². The molecule has 0 spiro atoms. The third kappa shape index (κ3) is 3.82. The second-order valence-corrected chi connectivity index (χ2v) is 5.14. The van der Waals surface area contributed by atoms with Crippen LogP contribution in [-0.2, 0) is 4.84 Å². The van der Waals surface area contributed by atoms with Gasteiger partial charge in [-0.25, -0.2) is 0 Å². The van der Waals surface area contributed by atoms with Crippen molar-refractivity contribution in [1.82, 2.24) is 4.90 Å². The van der Waals surface area contributed by atoms with Gasteiger partial charge in [-0.15, -0.1) is 10.1 Å². The molecule has 134 valence electrons. The van der Waals surface area contributed by atoms with E-state index in [2.05, 4.69) is 4.84 Å². The second kappa shape index (κ2) is 7.55. The molecule has 11 nitrogen and oxygen atoms in total. The third-order valence-corrected chi connectivity index (χ3v) is 3.43. The summed E-state index contributed by atoms with van der Waals surface area (Å²) >= 11 is 0. The van der Waals surface area contributed by atoms with Gasteiger partial charge < -0.3 is 9.57 Å². The fraction of sp³-hybridized carbons (Fsp3) is 0.429. The maximum Gasteiger partial charge on any atom is 0.311 e. The molecule has 11 heteroatoms. The molecule has 25 heavy (non-hydrogen) atoms. The highest BCUT2D eigenvalue weighted by Gasteiger charge is 2.38. The Kier molecular flexibility index (Phi) is 5.47. The molecule has 0 radical (unpaired) electrons. The van der Waals surface area contributed by atoms with Crippen LogP contribution in [0.4, 0.5) is 5.69 Å². The summed E-state index contributed by atoms with van der Waals surface area (Å²) in [4.78, 5) is 50.2. The van der Waals surface area contributed by atoms with Crippen molar-refractivity contribution in [2.75, 3.05) is 19.8 Å². The van der Waals surface area contributed by atoms with E-state index in [0.29, 0.717) is 6.42 Å². The van der Waals surface area contributed by atoms with Crippen LogP contribution in [0.25, 0.3) is 0 Å². The van der Waals surface area contributed by atoms with Crippen LogP contribution in [0.3, 0.4) is 0 Å². The van der Waals surface area contributed by atoms with Crippen molar-refractivity contribution >= 4 is 17.5 Å². The minimum atomic E-state index is -0.969. The first-order chi connectivity index (χ1) is 11.9. The highest BCUT2D eigenvalue weighted by molar-refractivity contribution is 6.21. The molecule has 0 aliphatic carbocycles. The summed E-state index contributed by atoms with van der Waals surface area (Å²) in [5, 5.41) is 20.3. The lowest BCUT2D eigenvalue weighted by Gasteiger charge is -2.12. The number of amides is 2. The quantitative estimate of drug-likeness (QED) is 0.282. The van der Waals surface area contributed by atoms with E-state index < -0.39 is 27.5 Å². The Morgan fingerprint density at radius 3 is 2.28 bits per heavy atom. The smallest absolute Gasteiger partial charge is 0.311 e. The Morgan fingerprint density at radius 2 is 1.72 bits per heavy atom. The molecular weight excluding hydrogens is 338 g/mol. The number of nitro benzene ring substituents is 1. The lowest BCUT2D eigenvalue weighted by atomic mass is 10.1. The SMILES string of the molecule is CCCOc1cc2c(cc1[N+](=O)[O-])C(=O)N(CCCO[N+](=O)[O-])C2=O. The van der Waals surface area contributed by atoms with Gasteiger partial charge in [-0.1, -0.05) is 6.92 Å². The highest BCUT2D eigenvalue weighted by Crippen LogP contribution is 2.35. The molecule has 0 bridgehead atoms. The number of imide groups is 1. The lowest BCUT2D eigenvalue weighted by molar-refractivity contribution is -0.757. The first-order valence-corrected chi connectivity index (χ1v) is 7.45. The molecule has 1 aliphatic heterocycles. The molecule has 0 saturated heterocycles. The van der Waals surface area contributed by atoms with Crippen LogP contribution in [0.15, 0.2) is 12.1 Å². The van der Waals surface area contributed by atoms with E-state index in [1.807, 2.05) is 6.92 Å². The summed E-state index contributed by atoms with van der Waals surface area (Å²) in [5.74, 6) is -1.39. The van der Waals surface area contributed by atoms with Crippen LogP contribution in [0.5, 0.6) is 5.75 Å². The molecule has 1 heterocycles. The molecule has 0 atom stereocenters. The van der Waals surface area contributed by atoms with Gasteiger partial charge in [0.05, 0.1) is 29.3 Å². The fourth-order valence-corrected chi connectivity index (χ4v) is 2.34. The molecule has 1 aromatic rings. The molecule has 0 N–H and O–H groups in total. The normalized spacial score (nSPS) is 12.9. The van der Waals surface area contributed by atoms with Crippen molar-refractivity contribution in [1.29, 1.82) is 0 Å². The Hall–Kier alpha value is -3.24. The number of fused-ring (bicyclic) bond motifs is 1. The van der Waals surface area contributed by atoms with Crippen molar-refractivity contribution in [3.8, 4) is 5.75 Å². The summed E-state index contributed by atoms with van der Waals surface area (Å²) in [6, 6.07) is 2.21. The number of ether oxygens (including phenoxy) is 1. The molecular formula is C14H15N3O8. The topological polar surface area (TPSA) is 142 Å². The average Bonchev–Trinajstić information content (AvgIpc) is 2.79. The summed E-state index contributed by atoms with van der Waals surface area (Å²) in [5.41, 5.74) is -0.473. The van der Waals surface area contributed by atoms with E-state index in [1.54, 1.807) is 0 Å². The molecule has 0 unspecified atom stereocenters. The average molecular weight is 353 g/mol. The van der Waals surface area contributed by atoms with E-state index in [-0.39, 0.29) is 43.1 Å². The van der Waals surface area contributed by atoms with Crippen molar-refractivity contribution in [3.05, 3.63) is 43.5 Å². The third-order valence-electron chi connectivity index (χ3n) is 3.43. The first-order valence-electron chi connectivity index (χ1n) is 7.45. The van der Waals surface area contributed by atoms with E-state index in [4.69, 9.17) is 4.74 Å². The Labute approximate surface area is 141 Å². The number of hydrogen-bond donors (Lipinski definition) is 0. The lowest BCUT2D eigenvalue weighted by Crippen LogP contribution is -2.31. The maximum absolute atomic E-state index is 12.3. The number of nitro groups is 1. The van der Waals surface area contributed by atoms with E-state index in [0.717, 1.165) is 11.0 Å². The molecule has 1 aromatic carbocycles. The van der Waals surface area contributed by atoms with Gasteiger partial charge in [0.15, 0.2) is 5.75 Å². The summed E-state index contributed by atoms with van der Waals surface area (Å²) in [7, 11) is 0. The van der Waals surface area contributed by atoms with Crippen molar-refractivity contribution in [3.63, 3.8) is 0 Å². The zero-order valence-corrected chi connectivity index (χ0v) is 13.3. The maximum atomic E-state index is 12.3. The van der Waals surface area contributed by atoms with Crippen LogP contribution in [-0.4, -0.2) is 46.5 Å². The van der Waals surface area contributed by atoms with Gasteiger partial charge in [-0.05, 0) is 12.8 Å². The van der Waals surface area contributed by atoms with Gasteiger partial charge in [-0.3, -0.25) is 24.6 Å². The predicted octanol–water partition coefficient (Wildman–Crippen LogP) is 1.58. The van der Waals surface area contributed by atoms with Crippen molar-refractivity contribution in [2.45, 2.75) is 19.8 Å². The summed E-state index contributed by atoms with van der Waals surface area (Å²) in [6.07, 6.45) is 0.678. The second-order valence-electron chi connectivity index (χ2n) is 5.14. The summed E-state index contributed by atoms with van der Waals surface area (Å²) in [6.45, 7) is 1.68. The number of carbonyl (C=O) groups excluding carboxylic acids is 2. The Morgan fingerprint density at radius 1 is 1.08 bits per heavy atom. The molecule has 0 aromatic heterocycles. The monoisotopic (exact) mass is 353 g/mol. The van der Waals surface area contributed by atoms with Crippen LogP contribution in [0.1, 0.15) is 40.5 Å². The first kappa shape index (κ1) is 18.1. The molecule has 0 saturated carbocycles. The number of nitrogens with zero attached hydrogens (tertiary/aromatic N) is 3. The number of benzene rings is 1. The zero-order valence-electron chi connectivity index (χ0n) is 13.3. The molecule has 0 fully saturated rings. The standard InChI is InChI=1S/C14H15N3O8/c1-2-5-24-12-8-10-9(7-11(12)16(20)21)13(18)15(14(10)19)4-3-6-25-17(22)23/h7-8H,2-6H2,1H3. The van der Waals surface area contributed by atoms with E-state index >= 15 is 0 Å². The van der Waals surface area contributed by atoms with Gasteiger partial charge >= 0.3 is 5.69 Å². The van der Waals surface area contributed by atoms with Gasteiger partial charge in [0, 0.05) is 18.7 Å². The van der Waals surface area contributed by atoms with Crippen LogP contribution >= 0.6 is 0 Å². The number of hydrogen-bond acceptors (Lipinski definition) is 8. The fourth-order valence-electron chi connectivity index (χ4n) is 2.34. The van der Waals surface area contributed by atoms with Gasteiger partial charge in [0.1, 0.15) is 0 Å². The van der Waals surface area contributed by atoms with Gasteiger partial charge in [0.2, 0.25) is 0 Å². The zero-order chi connectivity index (χ0) is 18.6. The van der Waals surface area contributed by atoms with Crippen molar-refractivity contribution in [2.24, 2.45) is 0 Å². The largest absolute Gasteiger partial charge is 0.487 e. The van der Waals surface area contributed by atoms with Gasteiger partial charge in [0.25, 0.3) is 16.9 Å². The summed E-state index contributed by atoms with van der Waals surface area (Å²) < 4.78 is 5.30. The van der Waals surface area contributed by atoms with E-state index in [9.17, 15) is 29.8 Å². The molecule has 2 rings (SSSR count). The van der Waals surface area contributed by atoms with E-state index in [1.165, 1.54) is 6.07 Å². The number of rotatable bonds is 9. The van der Waals surface area contributed by atoms with Crippen LogP contribution in [0.2, 0.25) is 0 Å². The van der Waals surface area contributed by atoms with Crippen LogP contribution < -0.4 is 4.74 Å². The van der Waals surface area contributed by atoms with Gasteiger partial charge in [-0.2, -0.15) is 0 Å². The molecule has 1 aliphatic rings.